The minimum absolute atomic E-state index is 0.0599. The van der Waals surface area contributed by atoms with Crippen LogP contribution in [0.1, 0.15) is 32.1 Å². The highest BCUT2D eigenvalue weighted by Gasteiger charge is 2.33. The number of H-pyrrole nitrogens is 1. The summed E-state index contributed by atoms with van der Waals surface area (Å²) in [7, 11) is 0. The van der Waals surface area contributed by atoms with Crippen LogP contribution in [0.4, 0.5) is 11.6 Å². The summed E-state index contributed by atoms with van der Waals surface area (Å²) in [5, 5.41) is 9.73. The van der Waals surface area contributed by atoms with Crippen molar-refractivity contribution < 1.29 is 4.79 Å². The fourth-order valence-corrected chi connectivity index (χ4v) is 3.90. The summed E-state index contributed by atoms with van der Waals surface area (Å²) in [5.41, 5.74) is 2.22. The largest absolute Gasteiger partial charge is 0.358 e. The van der Waals surface area contributed by atoms with Gasteiger partial charge < -0.3 is 5.32 Å². The summed E-state index contributed by atoms with van der Waals surface area (Å²) < 4.78 is 0. The van der Waals surface area contributed by atoms with Gasteiger partial charge in [-0.1, -0.05) is 19.3 Å². The number of pyridine rings is 1. The molecule has 1 saturated carbocycles. The Morgan fingerprint density at radius 2 is 1.89 bits per heavy atom. The number of rotatable bonds is 3. The summed E-state index contributed by atoms with van der Waals surface area (Å²) in [4.78, 5) is 32.4. The molecule has 1 fully saturated rings. The second kappa shape index (κ2) is 6.99. The molecule has 9 heteroatoms. The minimum atomic E-state index is 0.0599. The number of amides is 1. The molecule has 1 aliphatic carbocycles. The Balaban J connectivity index is 1.49. The van der Waals surface area contributed by atoms with E-state index in [1.807, 2.05) is 17.0 Å². The van der Waals surface area contributed by atoms with E-state index in [4.69, 9.17) is 4.98 Å². The lowest BCUT2D eigenvalue weighted by atomic mass is 9.94. The van der Waals surface area contributed by atoms with Gasteiger partial charge in [0.25, 0.3) is 0 Å². The molecule has 2 aliphatic rings. The molecular weight excluding hydrogens is 356 g/mol. The predicted molar refractivity (Wildman–Crippen MR) is 103 cm³/mol. The molecule has 0 saturated heterocycles. The van der Waals surface area contributed by atoms with E-state index in [9.17, 15) is 4.79 Å². The van der Waals surface area contributed by atoms with Gasteiger partial charge in [0.05, 0.1) is 18.4 Å². The van der Waals surface area contributed by atoms with Crippen molar-refractivity contribution in [1.82, 2.24) is 30.1 Å². The third-order valence-electron chi connectivity index (χ3n) is 5.31. The van der Waals surface area contributed by atoms with Crippen LogP contribution >= 0.6 is 0 Å². The molecule has 5 rings (SSSR count). The second-order valence-corrected chi connectivity index (χ2v) is 7.10. The molecule has 9 nitrogen and oxygen atoms in total. The Morgan fingerprint density at radius 1 is 1.00 bits per heavy atom. The van der Waals surface area contributed by atoms with E-state index in [1.54, 1.807) is 12.4 Å². The molecule has 0 unspecified atom stereocenters. The predicted octanol–water partition coefficient (Wildman–Crippen LogP) is 2.41. The van der Waals surface area contributed by atoms with Crippen molar-refractivity contribution in [1.29, 1.82) is 0 Å². The van der Waals surface area contributed by atoms with E-state index >= 15 is 0 Å². The van der Waals surface area contributed by atoms with Crippen LogP contribution in [0.15, 0.2) is 30.9 Å². The van der Waals surface area contributed by atoms with Crippen LogP contribution in [0.2, 0.25) is 0 Å². The minimum Gasteiger partial charge on any atom is -0.358 e. The number of fused-ring (bicyclic) bond motifs is 1. The van der Waals surface area contributed by atoms with Gasteiger partial charge in [-0.25, -0.2) is 15.0 Å². The maximum absolute atomic E-state index is 12.6. The SMILES string of the molecule is O=C1CNc2ncc(-c3ccc(-c4ncn[nH]4)nc3)nc2N1C1CCCCC1. The van der Waals surface area contributed by atoms with Gasteiger partial charge in [0.2, 0.25) is 5.91 Å². The number of nitrogens with one attached hydrogen (secondary N) is 2. The molecule has 142 valence electrons. The van der Waals surface area contributed by atoms with Crippen LogP contribution in [-0.4, -0.2) is 48.6 Å². The number of carbonyl (C=O) groups is 1. The highest BCUT2D eigenvalue weighted by molar-refractivity contribution is 6.01. The van der Waals surface area contributed by atoms with Crippen LogP contribution in [0.5, 0.6) is 0 Å². The van der Waals surface area contributed by atoms with Crippen molar-refractivity contribution in [3.63, 3.8) is 0 Å². The zero-order chi connectivity index (χ0) is 18.9. The summed E-state index contributed by atoms with van der Waals surface area (Å²) in [6, 6.07) is 3.99. The first-order valence-electron chi connectivity index (χ1n) is 9.55. The first kappa shape index (κ1) is 16.8. The molecule has 28 heavy (non-hydrogen) atoms. The third-order valence-corrected chi connectivity index (χ3v) is 5.31. The topological polar surface area (TPSA) is 113 Å². The van der Waals surface area contributed by atoms with Crippen molar-refractivity contribution in [3.05, 3.63) is 30.9 Å². The van der Waals surface area contributed by atoms with Gasteiger partial charge in [0, 0.05) is 17.8 Å². The normalized spacial score (nSPS) is 17.3. The standard InChI is InChI=1S/C19H20N8O/c28-16-10-22-18-19(27(16)13-4-2-1-3-5-13)25-15(9-21-18)12-6-7-14(20-8-12)17-23-11-24-26-17/h6-9,11,13H,1-5,10H2,(H,21,22)(H,23,24,26). The molecular formula is C19H20N8O. The van der Waals surface area contributed by atoms with Gasteiger partial charge in [-0.15, -0.1) is 0 Å². The van der Waals surface area contributed by atoms with Crippen molar-refractivity contribution >= 4 is 17.5 Å². The van der Waals surface area contributed by atoms with Crippen LogP contribution in [0.3, 0.4) is 0 Å². The molecule has 3 aromatic heterocycles. The second-order valence-electron chi connectivity index (χ2n) is 7.10. The number of nitrogens with zero attached hydrogens (tertiary/aromatic N) is 6. The Labute approximate surface area is 161 Å². The molecule has 0 spiro atoms. The fourth-order valence-electron chi connectivity index (χ4n) is 3.90. The number of aromatic nitrogens is 6. The first-order chi connectivity index (χ1) is 13.8. The molecule has 1 aliphatic heterocycles. The van der Waals surface area contributed by atoms with Crippen molar-refractivity contribution in [3.8, 4) is 22.8 Å². The van der Waals surface area contributed by atoms with Crippen LogP contribution in [0, 0.1) is 0 Å². The summed E-state index contributed by atoms with van der Waals surface area (Å²) >= 11 is 0. The van der Waals surface area contributed by atoms with E-state index in [1.165, 1.54) is 12.7 Å². The van der Waals surface area contributed by atoms with Gasteiger partial charge in [-0.05, 0) is 25.0 Å². The summed E-state index contributed by atoms with van der Waals surface area (Å²) in [6.45, 7) is 0.269. The lowest BCUT2D eigenvalue weighted by molar-refractivity contribution is -0.117. The fraction of sp³-hybridized carbons (Fsp3) is 0.368. The number of anilines is 2. The number of aromatic amines is 1. The van der Waals surface area contributed by atoms with Crippen molar-refractivity contribution in [2.75, 3.05) is 16.8 Å². The van der Waals surface area contributed by atoms with Gasteiger partial charge in [0.15, 0.2) is 17.5 Å². The molecule has 4 heterocycles. The van der Waals surface area contributed by atoms with Gasteiger partial charge in [-0.2, -0.15) is 5.10 Å². The van der Waals surface area contributed by atoms with E-state index in [2.05, 4.69) is 30.5 Å². The van der Waals surface area contributed by atoms with Gasteiger partial charge >= 0.3 is 0 Å². The summed E-state index contributed by atoms with van der Waals surface area (Å²) in [5.74, 6) is 1.96. The smallest absolute Gasteiger partial charge is 0.247 e. The molecule has 0 aromatic carbocycles. The molecule has 3 aromatic rings. The molecule has 0 atom stereocenters. The molecule has 0 radical (unpaired) electrons. The highest BCUT2D eigenvalue weighted by atomic mass is 16.2. The average Bonchev–Trinajstić information content (AvgIpc) is 3.29. The zero-order valence-corrected chi connectivity index (χ0v) is 15.3. The third kappa shape index (κ3) is 2.98. The van der Waals surface area contributed by atoms with Gasteiger partial charge in [-0.3, -0.25) is 19.8 Å². The number of hydrogen-bond acceptors (Lipinski definition) is 7. The number of hydrogen-bond donors (Lipinski definition) is 2. The highest BCUT2D eigenvalue weighted by Crippen LogP contribution is 2.34. The molecule has 1 amide bonds. The van der Waals surface area contributed by atoms with Crippen molar-refractivity contribution in [2.24, 2.45) is 0 Å². The van der Waals surface area contributed by atoms with E-state index in [-0.39, 0.29) is 18.5 Å². The molecule has 2 N–H and O–H groups in total. The van der Waals surface area contributed by atoms with E-state index in [0.717, 1.165) is 31.2 Å². The first-order valence-corrected chi connectivity index (χ1v) is 9.55. The maximum atomic E-state index is 12.6. The monoisotopic (exact) mass is 376 g/mol. The van der Waals surface area contributed by atoms with Crippen LogP contribution in [-0.2, 0) is 4.79 Å². The Bertz CT molecular complexity index is 980. The van der Waals surface area contributed by atoms with Gasteiger partial charge in [0.1, 0.15) is 12.0 Å². The summed E-state index contributed by atoms with van der Waals surface area (Å²) in [6.07, 6.45) is 10.5. The van der Waals surface area contributed by atoms with Crippen LogP contribution < -0.4 is 10.2 Å². The lowest BCUT2D eigenvalue weighted by Gasteiger charge is -2.37. The maximum Gasteiger partial charge on any atom is 0.247 e. The zero-order valence-electron chi connectivity index (χ0n) is 15.3. The Hall–Kier alpha value is -3.36. The quantitative estimate of drug-likeness (QED) is 0.722. The van der Waals surface area contributed by atoms with Crippen molar-refractivity contribution in [2.45, 2.75) is 38.1 Å². The van der Waals surface area contributed by atoms with Crippen LogP contribution in [0.25, 0.3) is 22.8 Å². The average molecular weight is 376 g/mol. The lowest BCUT2D eigenvalue weighted by Crippen LogP contribution is -2.48. The number of carbonyl (C=O) groups excluding carboxylic acids is 1. The van der Waals surface area contributed by atoms with E-state index < -0.39 is 0 Å². The Morgan fingerprint density at radius 3 is 2.64 bits per heavy atom. The van der Waals surface area contributed by atoms with E-state index in [0.29, 0.717) is 28.8 Å². The molecule has 0 bridgehead atoms. The Kier molecular flexibility index (Phi) is 4.19.